The molecule has 4 amide bonds. The third-order valence-corrected chi connectivity index (χ3v) is 6.97. The molecule has 1 aliphatic heterocycles. The van der Waals surface area contributed by atoms with Crippen molar-refractivity contribution in [3.63, 3.8) is 0 Å². The Bertz CT molecular complexity index is 1090. The van der Waals surface area contributed by atoms with Gasteiger partial charge >= 0.3 is 6.03 Å². The van der Waals surface area contributed by atoms with Gasteiger partial charge in [-0.2, -0.15) is 0 Å². The van der Waals surface area contributed by atoms with E-state index in [2.05, 4.69) is 22.8 Å². The second-order valence-corrected chi connectivity index (χ2v) is 9.36. The highest BCUT2D eigenvalue weighted by atomic mass is 19.1. The van der Waals surface area contributed by atoms with Gasteiger partial charge in [0.05, 0.1) is 6.04 Å². The predicted molar refractivity (Wildman–Crippen MR) is 127 cm³/mol. The van der Waals surface area contributed by atoms with Crippen molar-refractivity contribution in [3.05, 3.63) is 70.5 Å². The fraction of sp³-hybridized carbons (Fsp3) is 0.444. The molecule has 180 valence electrons. The van der Waals surface area contributed by atoms with Crippen molar-refractivity contribution in [1.29, 1.82) is 0 Å². The summed E-state index contributed by atoms with van der Waals surface area (Å²) in [5, 5.41) is 5.72. The molecule has 2 aromatic rings. The van der Waals surface area contributed by atoms with E-state index < -0.39 is 29.2 Å². The number of rotatable bonds is 8. The van der Waals surface area contributed by atoms with Crippen molar-refractivity contribution in [2.75, 3.05) is 6.54 Å². The monoisotopic (exact) mass is 465 g/mol. The summed E-state index contributed by atoms with van der Waals surface area (Å²) in [4.78, 5) is 40.0. The number of unbranched alkanes of at least 4 members (excludes halogenated alkanes) is 1. The number of benzene rings is 2. The molecule has 1 aliphatic carbocycles. The molecule has 1 saturated heterocycles. The van der Waals surface area contributed by atoms with Gasteiger partial charge in [-0.25, -0.2) is 9.18 Å². The summed E-state index contributed by atoms with van der Waals surface area (Å²) in [5.41, 5.74) is 2.95. The van der Waals surface area contributed by atoms with Crippen molar-refractivity contribution >= 4 is 17.8 Å². The molecule has 2 atom stereocenters. The summed E-state index contributed by atoms with van der Waals surface area (Å²) in [6.45, 7) is 3.53. The number of halogens is 1. The van der Waals surface area contributed by atoms with Crippen molar-refractivity contribution in [2.24, 2.45) is 0 Å². The zero-order valence-corrected chi connectivity index (χ0v) is 19.8. The molecule has 4 rings (SSSR count). The lowest BCUT2D eigenvalue weighted by Gasteiger charge is -2.27. The average molecular weight is 466 g/mol. The maximum Gasteiger partial charge on any atom is 0.325 e. The SMILES string of the molecule is CCCC[C@]1(c2ccc(F)cc2)NC(=O)N(CC(=O)N[C@H](C)c2ccc3c(c2)CCCC3)C1=O. The molecule has 0 unspecified atom stereocenters. The maximum atomic E-state index is 13.5. The molecule has 0 radical (unpaired) electrons. The van der Waals surface area contributed by atoms with Crippen molar-refractivity contribution in [3.8, 4) is 0 Å². The Balaban J connectivity index is 1.47. The van der Waals surface area contributed by atoms with E-state index in [4.69, 9.17) is 0 Å². The summed E-state index contributed by atoms with van der Waals surface area (Å²) in [7, 11) is 0. The zero-order chi connectivity index (χ0) is 24.3. The van der Waals surface area contributed by atoms with Crippen LogP contribution in [0.25, 0.3) is 0 Å². The zero-order valence-electron chi connectivity index (χ0n) is 19.8. The van der Waals surface area contributed by atoms with Crippen LogP contribution in [0.5, 0.6) is 0 Å². The number of hydrogen-bond donors (Lipinski definition) is 2. The Morgan fingerprint density at radius 1 is 1.12 bits per heavy atom. The molecule has 1 fully saturated rings. The molecular weight excluding hydrogens is 433 g/mol. The van der Waals surface area contributed by atoms with E-state index in [1.54, 1.807) is 0 Å². The first kappa shape index (κ1) is 23.9. The quantitative estimate of drug-likeness (QED) is 0.563. The van der Waals surface area contributed by atoms with Gasteiger partial charge in [-0.3, -0.25) is 14.5 Å². The first-order valence-electron chi connectivity index (χ1n) is 12.2. The van der Waals surface area contributed by atoms with Gasteiger partial charge in [0.2, 0.25) is 5.91 Å². The van der Waals surface area contributed by atoms with Crippen LogP contribution < -0.4 is 10.6 Å². The molecule has 0 aromatic heterocycles. The van der Waals surface area contributed by atoms with Crippen LogP contribution in [-0.4, -0.2) is 29.3 Å². The number of nitrogens with one attached hydrogen (secondary N) is 2. The second-order valence-electron chi connectivity index (χ2n) is 9.36. The molecule has 6 nitrogen and oxygen atoms in total. The van der Waals surface area contributed by atoms with Gasteiger partial charge in [-0.05, 0) is 73.4 Å². The van der Waals surface area contributed by atoms with Gasteiger partial charge in [0, 0.05) is 0 Å². The predicted octanol–water partition coefficient (Wildman–Crippen LogP) is 4.52. The van der Waals surface area contributed by atoms with Crippen LogP contribution >= 0.6 is 0 Å². The minimum atomic E-state index is -1.29. The Morgan fingerprint density at radius 2 is 1.82 bits per heavy atom. The largest absolute Gasteiger partial charge is 0.348 e. The molecule has 2 N–H and O–H groups in total. The number of fused-ring (bicyclic) bond motifs is 1. The molecule has 0 bridgehead atoms. The van der Waals surface area contributed by atoms with Crippen molar-refractivity contribution in [1.82, 2.24) is 15.5 Å². The van der Waals surface area contributed by atoms with Crippen molar-refractivity contribution < 1.29 is 18.8 Å². The summed E-state index contributed by atoms with van der Waals surface area (Å²) in [6.07, 6.45) is 6.43. The van der Waals surface area contributed by atoms with E-state index in [0.29, 0.717) is 18.4 Å². The number of aryl methyl sites for hydroxylation is 2. The van der Waals surface area contributed by atoms with E-state index in [1.807, 2.05) is 19.9 Å². The number of carbonyl (C=O) groups excluding carboxylic acids is 3. The molecule has 0 saturated carbocycles. The average Bonchev–Trinajstić information content (AvgIpc) is 3.07. The topological polar surface area (TPSA) is 78.5 Å². The first-order valence-corrected chi connectivity index (χ1v) is 12.2. The minimum Gasteiger partial charge on any atom is -0.348 e. The van der Waals surface area contributed by atoms with Crippen LogP contribution in [0.2, 0.25) is 0 Å². The molecule has 7 heteroatoms. The maximum absolute atomic E-state index is 13.5. The van der Waals surface area contributed by atoms with Gasteiger partial charge in [0.15, 0.2) is 0 Å². The smallest absolute Gasteiger partial charge is 0.325 e. The van der Waals surface area contributed by atoms with Crippen LogP contribution in [0, 0.1) is 5.82 Å². The standard InChI is InChI=1S/C27H32FN3O3/c1-3-4-15-27(22-11-13-23(28)14-12-22)25(33)31(26(34)30-27)17-24(32)29-18(2)20-10-9-19-7-5-6-8-21(19)16-20/h9-14,16,18H,3-8,15,17H2,1-2H3,(H,29,32)(H,30,34)/t18-,27-/m1/s1. The number of hydrogen-bond acceptors (Lipinski definition) is 3. The summed E-state index contributed by atoms with van der Waals surface area (Å²) in [6, 6.07) is 11.1. The number of urea groups is 1. The van der Waals surface area contributed by atoms with E-state index in [0.717, 1.165) is 29.7 Å². The Kier molecular flexibility index (Phi) is 7.00. The highest BCUT2D eigenvalue weighted by Gasteiger charge is 2.52. The third-order valence-electron chi connectivity index (χ3n) is 6.97. The van der Waals surface area contributed by atoms with Gasteiger partial charge in [-0.1, -0.05) is 50.1 Å². The van der Waals surface area contributed by atoms with Gasteiger partial charge in [0.25, 0.3) is 5.91 Å². The molecule has 2 aliphatic rings. The van der Waals surface area contributed by atoms with Crippen molar-refractivity contribution in [2.45, 2.75) is 70.4 Å². The fourth-order valence-electron chi connectivity index (χ4n) is 4.99. The second kappa shape index (κ2) is 9.95. The molecule has 2 aromatic carbocycles. The summed E-state index contributed by atoms with van der Waals surface area (Å²) < 4.78 is 13.5. The van der Waals surface area contributed by atoms with E-state index in [9.17, 15) is 18.8 Å². The first-order chi connectivity index (χ1) is 16.3. The van der Waals surface area contributed by atoms with Crippen LogP contribution in [0.4, 0.5) is 9.18 Å². The van der Waals surface area contributed by atoms with Gasteiger partial charge < -0.3 is 10.6 Å². The number of amides is 4. The van der Waals surface area contributed by atoms with Crippen LogP contribution in [0.1, 0.15) is 74.2 Å². The molecule has 34 heavy (non-hydrogen) atoms. The lowest BCUT2D eigenvalue weighted by molar-refractivity contribution is -0.135. The Hall–Kier alpha value is -3.22. The summed E-state index contributed by atoms with van der Waals surface area (Å²) in [5.74, 6) is -1.30. The number of imide groups is 1. The van der Waals surface area contributed by atoms with Crippen LogP contribution in [0.15, 0.2) is 42.5 Å². The lowest BCUT2D eigenvalue weighted by atomic mass is 9.85. The molecule has 0 spiro atoms. The normalized spacial score (nSPS) is 20.6. The van der Waals surface area contributed by atoms with E-state index >= 15 is 0 Å². The minimum absolute atomic E-state index is 0.248. The van der Waals surface area contributed by atoms with Gasteiger partial charge in [0.1, 0.15) is 17.9 Å². The number of carbonyl (C=O) groups is 3. The third kappa shape index (κ3) is 4.69. The van der Waals surface area contributed by atoms with Gasteiger partial charge in [-0.15, -0.1) is 0 Å². The molecule has 1 heterocycles. The highest BCUT2D eigenvalue weighted by Crippen LogP contribution is 2.34. The van der Waals surface area contributed by atoms with E-state index in [1.165, 1.54) is 48.2 Å². The Labute approximate surface area is 199 Å². The highest BCUT2D eigenvalue weighted by molar-refractivity contribution is 6.09. The van der Waals surface area contributed by atoms with Crippen LogP contribution in [-0.2, 0) is 28.0 Å². The van der Waals surface area contributed by atoms with Crippen LogP contribution in [0.3, 0.4) is 0 Å². The summed E-state index contributed by atoms with van der Waals surface area (Å²) >= 11 is 0. The number of nitrogens with zero attached hydrogens (tertiary/aromatic N) is 1. The van der Waals surface area contributed by atoms with E-state index in [-0.39, 0.29) is 12.6 Å². The Morgan fingerprint density at radius 3 is 2.53 bits per heavy atom. The fourth-order valence-corrected chi connectivity index (χ4v) is 4.99. The molecular formula is C27H32FN3O3. The lowest BCUT2D eigenvalue weighted by Crippen LogP contribution is -2.45.